The molecule has 0 saturated heterocycles. The van der Waals surface area contributed by atoms with Gasteiger partial charge in [-0.05, 0) is 0 Å². The molecule has 5 heavy (non-hydrogen) atoms. The summed E-state index contributed by atoms with van der Waals surface area (Å²) in [4.78, 5) is 0. The second-order valence-corrected chi connectivity index (χ2v) is 1.79. The Kier molecular flexibility index (Phi) is 6.11. The molecule has 3 heteroatoms. The van der Waals surface area contributed by atoms with Crippen LogP contribution in [0.4, 0.5) is 0 Å². The third-order valence-electron chi connectivity index (χ3n) is 0.187. The van der Waals surface area contributed by atoms with Gasteiger partial charge in [0.25, 0.3) is 0 Å². The van der Waals surface area contributed by atoms with Crippen molar-refractivity contribution in [2.45, 2.75) is 0 Å². The first-order chi connectivity index (χ1) is 2.41. The molecule has 0 radical (unpaired) electrons. The van der Waals surface area contributed by atoms with Crippen LogP contribution >= 0.6 is 12.6 Å². The average molecular weight is 273 g/mol. The van der Waals surface area contributed by atoms with Gasteiger partial charge in [-0.3, -0.25) is 0 Å². The Morgan fingerprint density at radius 2 is 2.40 bits per heavy atom. The van der Waals surface area contributed by atoms with Crippen LogP contribution in [0.3, 0.4) is 0 Å². The molecule has 36 valence electrons. The second kappa shape index (κ2) is 5.05. The van der Waals surface area contributed by atoms with Gasteiger partial charge in [0.2, 0.25) is 0 Å². The van der Waals surface area contributed by atoms with Gasteiger partial charge >= 0.3 is 50.0 Å². The Morgan fingerprint density at radius 3 is 2.40 bits per heavy atom. The number of thiol groups is 1. The van der Waals surface area contributed by atoms with Gasteiger partial charge in [0.15, 0.2) is 0 Å². The zero-order valence-electron chi connectivity index (χ0n) is 2.66. The van der Waals surface area contributed by atoms with Crippen LogP contribution in [0, 0.1) is 0 Å². The van der Waals surface area contributed by atoms with E-state index in [0.717, 1.165) is 12.3 Å². The SMILES string of the molecule is SCC[NH][Au]. The zero-order valence-corrected chi connectivity index (χ0v) is 5.72. The summed E-state index contributed by atoms with van der Waals surface area (Å²) >= 11 is 6.17. The van der Waals surface area contributed by atoms with Gasteiger partial charge in [-0.15, -0.1) is 0 Å². The number of hydrogen-bond donors (Lipinski definition) is 2. The van der Waals surface area contributed by atoms with E-state index in [0.29, 0.717) is 0 Å². The summed E-state index contributed by atoms with van der Waals surface area (Å²) in [6, 6.07) is 0. The third kappa shape index (κ3) is 5.05. The van der Waals surface area contributed by atoms with Crippen LogP contribution in [-0.4, -0.2) is 12.3 Å². The van der Waals surface area contributed by atoms with Crippen molar-refractivity contribution < 1.29 is 21.3 Å². The first-order valence-electron chi connectivity index (χ1n) is 1.32. The Bertz CT molecular complexity index is 17.1. The summed E-state index contributed by atoms with van der Waals surface area (Å²) in [5.41, 5.74) is 0. The van der Waals surface area contributed by atoms with Gasteiger partial charge in [0.05, 0.1) is 0 Å². The van der Waals surface area contributed by atoms with E-state index in [1.807, 2.05) is 0 Å². The van der Waals surface area contributed by atoms with Crippen LogP contribution < -0.4 is 3.72 Å². The third-order valence-corrected chi connectivity index (χ3v) is 0.952. The maximum absolute atomic E-state index is 3.93. The topological polar surface area (TPSA) is 12.0 Å². The van der Waals surface area contributed by atoms with Crippen LogP contribution in [0.2, 0.25) is 0 Å². The van der Waals surface area contributed by atoms with E-state index in [1.54, 1.807) is 0 Å². The van der Waals surface area contributed by atoms with Gasteiger partial charge in [-0.1, -0.05) is 0 Å². The van der Waals surface area contributed by atoms with Gasteiger partial charge < -0.3 is 0 Å². The van der Waals surface area contributed by atoms with Crippen molar-refractivity contribution in [3.05, 3.63) is 0 Å². The van der Waals surface area contributed by atoms with Gasteiger partial charge in [-0.2, -0.15) is 0 Å². The van der Waals surface area contributed by atoms with E-state index in [1.165, 1.54) is 0 Å². The van der Waals surface area contributed by atoms with Crippen molar-refractivity contribution in [3.63, 3.8) is 0 Å². The van der Waals surface area contributed by atoms with Crippen molar-refractivity contribution in [2.24, 2.45) is 0 Å². The van der Waals surface area contributed by atoms with Crippen LogP contribution in [0.1, 0.15) is 0 Å². The molecule has 0 fully saturated rings. The molecule has 1 nitrogen and oxygen atoms in total. The van der Waals surface area contributed by atoms with Gasteiger partial charge in [0.1, 0.15) is 0 Å². The molecule has 0 spiro atoms. The van der Waals surface area contributed by atoms with E-state index in [9.17, 15) is 0 Å². The second-order valence-electron chi connectivity index (χ2n) is 0.580. The van der Waals surface area contributed by atoms with Gasteiger partial charge in [0, 0.05) is 0 Å². The fraction of sp³-hybridized carbons (Fsp3) is 1.00. The van der Waals surface area contributed by atoms with E-state index in [4.69, 9.17) is 0 Å². The van der Waals surface area contributed by atoms with E-state index in [-0.39, 0.29) is 0 Å². The molecule has 0 aliphatic rings. The summed E-state index contributed by atoms with van der Waals surface area (Å²) in [6.45, 7) is 0.978. The van der Waals surface area contributed by atoms with Crippen molar-refractivity contribution >= 4 is 12.6 Å². The Labute approximate surface area is 50.2 Å². The van der Waals surface area contributed by atoms with Crippen LogP contribution in [0.5, 0.6) is 0 Å². The van der Waals surface area contributed by atoms with Gasteiger partial charge in [-0.25, -0.2) is 0 Å². The monoisotopic (exact) mass is 273 g/mol. The number of nitrogens with one attached hydrogen (secondary N) is 1. The average Bonchev–Trinajstić information content (AvgIpc) is 1.41. The number of rotatable bonds is 2. The van der Waals surface area contributed by atoms with Crippen molar-refractivity contribution in [1.29, 1.82) is 0 Å². The van der Waals surface area contributed by atoms with Crippen molar-refractivity contribution in [3.8, 4) is 0 Å². The van der Waals surface area contributed by atoms with Crippen molar-refractivity contribution in [1.82, 2.24) is 3.72 Å². The molecule has 0 aliphatic heterocycles. The van der Waals surface area contributed by atoms with Crippen LogP contribution in [0.25, 0.3) is 0 Å². The predicted octanol–water partition coefficient (Wildman–Crippen LogP) is -0.0324. The van der Waals surface area contributed by atoms with E-state index in [2.05, 4.69) is 37.7 Å². The fourth-order valence-electron chi connectivity index (χ4n) is 0.0337. The first kappa shape index (κ1) is 6.05. The van der Waals surface area contributed by atoms with Crippen LogP contribution in [0.15, 0.2) is 0 Å². The minimum absolute atomic E-state index is 0.913. The Hall–Kier alpha value is 1.05. The predicted molar refractivity (Wildman–Crippen MR) is 21.9 cm³/mol. The van der Waals surface area contributed by atoms with Crippen LogP contribution in [-0.2, 0) is 21.3 Å². The summed E-state index contributed by atoms with van der Waals surface area (Å²) < 4.78 is 2.89. The molecule has 0 heterocycles. The summed E-state index contributed by atoms with van der Waals surface area (Å²) in [5.74, 6) is 0.913. The van der Waals surface area contributed by atoms with E-state index >= 15 is 0 Å². The molecular formula is C2H6AuNS. The minimum atomic E-state index is 0.913. The maximum atomic E-state index is 3.93. The molecule has 0 bridgehead atoms. The molecule has 0 rings (SSSR count). The zero-order chi connectivity index (χ0) is 4.12. The Morgan fingerprint density at radius 1 is 1.80 bits per heavy atom. The molecular weight excluding hydrogens is 267 g/mol. The molecule has 0 saturated carbocycles. The van der Waals surface area contributed by atoms with Crippen molar-refractivity contribution in [2.75, 3.05) is 12.3 Å². The Balaban J connectivity index is 2.19. The number of hydrogen-bond acceptors (Lipinski definition) is 2. The van der Waals surface area contributed by atoms with E-state index < -0.39 is 0 Å². The summed E-state index contributed by atoms with van der Waals surface area (Å²) in [6.07, 6.45) is 0. The molecule has 0 aromatic heterocycles. The molecule has 1 N–H and O–H groups in total. The standard InChI is InChI=1S/C2H6NS.Au/c3-1-2-4;/h3-4H,1-2H2;/q-1;+1. The normalized spacial score (nSPS) is 8.60. The molecule has 0 aromatic carbocycles. The summed E-state index contributed by atoms with van der Waals surface area (Å²) in [7, 11) is 0. The molecule has 0 aliphatic carbocycles. The first-order valence-corrected chi connectivity index (χ1v) is 3.04. The molecule has 0 atom stereocenters. The molecule has 0 aromatic rings. The summed E-state index contributed by atoms with van der Waals surface area (Å²) in [5, 5.41) is 0. The quantitative estimate of drug-likeness (QED) is 0.532. The fourth-order valence-corrected chi connectivity index (χ4v) is 0.828. The molecule has 0 unspecified atom stereocenters. The molecule has 0 amide bonds.